The van der Waals surface area contributed by atoms with Crippen LogP contribution in [0, 0.1) is 0 Å². The van der Waals surface area contributed by atoms with Crippen molar-refractivity contribution in [3.8, 4) is 0 Å². The average Bonchev–Trinajstić information content (AvgIpc) is 1.76. The van der Waals surface area contributed by atoms with Gasteiger partial charge in [0, 0.05) is 0 Å². The first-order valence-corrected chi connectivity index (χ1v) is 2.15. The molecule has 0 aliphatic carbocycles. The molecule has 2 nitrogen and oxygen atoms in total. The smallest absolute Gasteiger partial charge is 0.0986 e. The van der Waals surface area contributed by atoms with Gasteiger partial charge in [-0.3, -0.25) is 4.18 Å². The van der Waals surface area contributed by atoms with Crippen LogP contribution in [-0.2, 0) is 4.18 Å². The molecule has 1 radical (unpaired) electrons. The van der Waals surface area contributed by atoms with Crippen LogP contribution in [0.5, 0.6) is 0 Å². The molecule has 0 N–H and O–H groups in total. The Morgan fingerprint density at radius 2 is 2.80 bits per heavy atom. The van der Waals surface area contributed by atoms with Gasteiger partial charge in [-0.15, -0.1) is 4.72 Å². The van der Waals surface area contributed by atoms with Gasteiger partial charge in [-0.25, -0.2) is 0 Å². The number of hydrogen-bond donors (Lipinski definition) is 0. The molecule has 1 aliphatic rings. The molecule has 0 bridgehead atoms. The van der Waals surface area contributed by atoms with Gasteiger partial charge in [0.15, 0.2) is 0 Å². The monoisotopic (exact) mass is 90.0 g/mol. The van der Waals surface area contributed by atoms with E-state index in [2.05, 4.69) is 4.72 Å². The zero-order valence-corrected chi connectivity index (χ0v) is 3.49. The topological polar surface area (TPSA) is 23.3 Å². The van der Waals surface area contributed by atoms with E-state index in [1.165, 1.54) is 12.2 Å². The predicted molar refractivity (Wildman–Crippen MR) is 20.5 cm³/mol. The van der Waals surface area contributed by atoms with E-state index < -0.39 is 0 Å². The summed E-state index contributed by atoms with van der Waals surface area (Å²) in [4.78, 5) is 0. The van der Waals surface area contributed by atoms with Gasteiger partial charge in [0.2, 0.25) is 0 Å². The Hall–Kier alpha value is 0.270. The lowest BCUT2D eigenvalue weighted by Crippen LogP contribution is -1.87. The second-order valence-corrected chi connectivity index (χ2v) is 1.39. The maximum absolute atomic E-state index is 4.69. The Bertz CT molecular complexity index is 21.2. The largest absolute Gasteiger partial charge is 0.299 e. The van der Waals surface area contributed by atoms with Crippen LogP contribution in [0.2, 0.25) is 0 Å². The third-order valence-electron chi connectivity index (χ3n) is 0.371. The summed E-state index contributed by atoms with van der Waals surface area (Å²) < 4.78 is 8.47. The van der Waals surface area contributed by atoms with Crippen molar-refractivity contribution in [2.75, 3.05) is 13.2 Å². The molecule has 1 heterocycles. The lowest BCUT2D eigenvalue weighted by atomic mass is 10.8. The van der Waals surface area contributed by atoms with Gasteiger partial charge < -0.3 is 0 Å². The number of nitrogens with zero attached hydrogens (tertiary/aromatic N) is 1. The van der Waals surface area contributed by atoms with E-state index in [0.29, 0.717) is 0 Å². The molecule has 1 fully saturated rings. The number of rotatable bonds is 0. The molecule has 1 aliphatic heterocycles. The fourth-order valence-electron chi connectivity index (χ4n) is 0.186. The minimum absolute atomic E-state index is 0.796. The predicted octanol–water partition coefficient (Wildman–Crippen LogP) is 0.184. The van der Waals surface area contributed by atoms with E-state index in [1.807, 2.05) is 0 Å². The Labute approximate surface area is 35.2 Å². The molecule has 5 heavy (non-hydrogen) atoms. The van der Waals surface area contributed by atoms with Crippen LogP contribution in [0.3, 0.4) is 0 Å². The van der Waals surface area contributed by atoms with Gasteiger partial charge >= 0.3 is 0 Å². The highest BCUT2D eigenvalue weighted by atomic mass is 32.2. The first-order valence-electron chi connectivity index (χ1n) is 1.45. The molecule has 0 unspecified atom stereocenters. The van der Waals surface area contributed by atoms with E-state index >= 15 is 0 Å². The fourth-order valence-corrected chi connectivity index (χ4v) is 0.559. The minimum atomic E-state index is 0.796. The van der Waals surface area contributed by atoms with Crippen LogP contribution < -0.4 is 4.72 Å². The van der Waals surface area contributed by atoms with E-state index in [0.717, 1.165) is 13.2 Å². The summed E-state index contributed by atoms with van der Waals surface area (Å²) in [6.45, 7) is 1.66. The maximum Gasteiger partial charge on any atom is 0.0986 e. The van der Waals surface area contributed by atoms with Crippen molar-refractivity contribution in [2.45, 2.75) is 0 Å². The normalized spacial score (nSPS) is 24.0. The van der Waals surface area contributed by atoms with Gasteiger partial charge in [-0.2, -0.15) is 0 Å². The van der Waals surface area contributed by atoms with Crippen LogP contribution in [0.4, 0.5) is 0 Å². The van der Waals surface area contributed by atoms with Gasteiger partial charge in [-0.1, -0.05) is 0 Å². The highest BCUT2D eigenvalue weighted by Gasteiger charge is 1.97. The number of hydrogen-bond acceptors (Lipinski definition) is 2. The zero-order chi connectivity index (χ0) is 3.54. The SMILES string of the molecule is C1COS[N]1. The van der Waals surface area contributed by atoms with Gasteiger partial charge in [-0.05, 0) is 0 Å². The molecule has 3 heteroatoms. The average molecular weight is 90.1 g/mol. The Morgan fingerprint density at radius 3 is 3.00 bits per heavy atom. The molecule has 0 spiro atoms. The van der Waals surface area contributed by atoms with Crippen molar-refractivity contribution >= 4 is 12.2 Å². The standard InChI is InChI=1S/C2H4NOS/c1-2-4-5-3-1/h1-2H2. The van der Waals surface area contributed by atoms with Crippen LogP contribution in [-0.4, -0.2) is 13.2 Å². The first kappa shape index (κ1) is 3.46. The first-order chi connectivity index (χ1) is 2.50. The van der Waals surface area contributed by atoms with E-state index in [-0.39, 0.29) is 0 Å². The molecule has 0 aromatic rings. The van der Waals surface area contributed by atoms with Crippen molar-refractivity contribution < 1.29 is 4.18 Å². The minimum Gasteiger partial charge on any atom is -0.299 e. The van der Waals surface area contributed by atoms with Crippen LogP contribution in [0.1, 0.15) is 0 Å². The summed E-state index contributed by atoms with van der Waals surface area (Å²) in [5.41, 5.74) is 0. The second-order valence-electron chi connectivity index (χ2n) is 0.749. The second kappa shape index (κ2) is 1.64. The van der Waals surface area contributed by atoms with Gasteiger partial charge in [0.1, 0.15) is 0 Å². The van der Waals surface area contributed by atoms with Gasteiger partial charge in [0.05, 0.1) is 25.4 Å². The van der Waals surface area contributed by atoms with E-state index in [9.17, 15) is 0 Å². The lowest BCUT2D eigenvalue weighted by molar-refractivity contribution is 0.416. The maximum atomic E-state index is 4.69. The highest BCUT2D eigenvalue weighted by Crippen LogP contribution is 2.02. The summed E-state index contributed by atoms with van der Waals surface area (Å²) >= 11 is 1.20. The van der Waals surface area contributed by atoms with Crippen LogP contribution in [0.25, 0.3) is 0 Å². The van der Waals surface area contributed by atoms with Crippen LogP contribution >= 0.6 is 12.2 Å². The summed E-state index contributed by atoms with van der Waals surface area (Å²) in [5.74, 6) is 0. The highest BCUT2D eigenvalue weighted by molar-refractivity contribution is 7.92. The summed E-state index contributed by atoms with van der Waals surface area (Å²) in [6, 6.07) is 0. The summed E-state index contributed by atoms with van der Waals surface area (Å²) in [6.07, 6.45) is 0. The molecule has 0 atom stereocenters. The van der Waals surface area contributed by atoms with Crippen molar-refractivity contribution in [3.05, 3.63) is 0 Å². The molecule has 0 saturated carbocycles. The molecule has 1 saturated heterocycles. The van der Waals surface area contributed by atoms with Crippen molar-refractivity contribution in [1.29, 1.82) is 0 Å². The zero-order valence-electron chi connectivity index (χ0n) is 2.68. The Kier molecular flexibility index (Phi) is 1.14. The molecule has 0 amide bonds. The quantitative estimate of drug-likeness (QED) is 0.313. The molecule has 0 aromatic heterocycles. The van der Waals surface area contributed by atoms with Crippen molar-refractivity contribution in [1.82, 2.24) is 4.72 Å². The molecule has 1 rings (SSSR count). The van der Waals surface area contributed by atoms with Crippen LogP contribution in [0.15, 0.2) is 0 Å². The van der Waals surface area contributed by atoms with Gasteiger partial charge in [0.25, 0.3) is 0 Å². The molecule has 29 valence electrons. The molecular weight excluding hydrogens is 86.1 g/mol. The third-order valence-corrected chi connectivity index (χ3v) is 0.931. The van der Waals surface area contributed by atoms with Crippen molar-refractivity contribution in [3.63, 3.8) is 0 Å². The third kappa shape index (κ3) is 0.792. The summed E-state index contributed by atoms with van der Waals surface area (Å²) in [7, 11) is 0. The summed E-state index contributed by atoms with van der Waals surface area (Å²) in [5, 5.41) is 0. The molecular formula is C2H4NOS. The van der Waals surface area contributed by atoms with E-state index in [4.69, 9.17) is 4.18 Å². The Balaban J connectivity index is 2.08. The van der Waals surface area contributed by atoms with Crippen molar-refractivity contribution in [2.24, 2.45) is 0 Å². The fraction of sp³-hybridized carbons (Fsp3) is 1.00. The molecule has 0 aromatic carbocycles. The van der Waals surface area contributed by atoms with E-state index in [1.54, 1.807) is 0 Å². The lowest BCUT2D eigenvalue weighted by Gasteiger charge is -1.71. The Morgan fingerprint density at radius 1 is 1.80 bits per heavy atom.